The Bertz CT molecular complexity index is 631. The van der Waals surface area contributed by atoms with Gasteiger partial charge in [-0.2, -0.15) is 15.6 Å². The van der Waals surface area contributed by atoms with E-state index in [4.69, 9.17) is 10.5 Å². The van der Waals surface area contributed by atoms with E-state index in [1.165, 1.54) is 19.3 Å². The third kappa shape index (κ3) is 5.33. The number of hydrogen-bond donors (Lipinski definition) is 3. The maximum atomic E-state index is 11.9. The van der Waals surface area contributed by atoms with Crippen molar-refractivity contribution in [3.63, 3.8) is 0 Å². The van der Waals surface area contributed by atoms with Gasteiger partial charge in [-0.05, 0) is 37.1 Å². The highest BCUT2D eigenvalue weighted by Crippen LogP contribution is 2.18. The van der Waals surface area contributed by atoms with Crippen LogP contribution in [0.5, 0.6) is 0 Å². The number of nitrogens with zero attached hydrogens (tertiary/aromatic N) is 3. The van der Waals surface area contributed by atoms with Crippen LogP contribution in [0.3, 0.4) is 0 Å². The number of hydrazone groups is 1. The summed E-state index contributed by atoms with van der Waals surface area (Å²) in [6.07, 6.45) is 5.65. The smallest absolute Gasteiger partial charge is 0.319 e. The molecule has 2 rings (SSSR count). The zero-order valence-electron chi connectivity index (χ0n) is 12.7. The van der Waals surface area contributed by atoms with Crippen LogP contribution in [0.2, 0.25) is 0 Å². The van der Waals surface area contributed by atoms with Crippen LogP contribution < -0.4 is 16.1 Å². The Labute approximate surface area is 135 Å². The van der Waals surface area contributed by atoms with Crippen molar-refractivity contribution in [2.24, 2.45) is 5.10 Å². The molecule has 1 aliphatic rings. The van der Waals surface area contributed by atoms with Crippen molar-refractivity contribution >= 4 is 23.1 Å². The van der Waals surface area contributed by atoms with Gasteiger partial charge in [0.15, 0.2) is 0 Å². The molecule has 2 amide bonds. The number of rotatable bonds is 4. The first kappa shape index (κ1) is 16.3. The van der Waals surface area contributed by atoms with Gasteiger partial charge >= 0.3 is 6.03 Å². The molecule has 1 fully saturated rings. The Morgan fingerprint density at radius 3 is 2.26 bits per heavy atom. The van der Waals surface area contributed by atoms with E-state index in [9.17, 15) is 4.79 Å². The lowest BCUT2D eigenvalue weighted by molar-refractivity contribution is 0.244. The van der Waals surface area contributed by atoms with Crippen LogP contribution in [-0.2, 0) is 0 Å². The molecule has 7 nitrogen and oxygen atoms in total. The average molecular weight is 310 g/mol. The summed E-state index contributed by atoms with van der Waals surface area (Å²) in [7, 11) is 0. The van der Waals surface area contributed by atoms with Crippen LogP contribution in [0.25, 0.3) is 0 Å². The zero-order valence-corrected chi connectivity index (χ0v) is 12.7. The summed E-state index contributed by atoms with van der Waals surface area (Å²) in [5.74, 6) is 0. The fourth-order valence-corrected chi connectivity index (χ4v) is 2.42. The zero-order chi connectivity index (χ0) is 16.5. The maximum absolute atomic E-state index is 11.9. The number of carbonyl (C=O) groups excluding carboxylic acids is 1. The molecule has 0 atom stereocenters. The van der Waals surface area contributed by atoms with Crippen LogP contribution in [0.15, 0.2) is 29.4 Å². The molecule has 0 aromatic heterocycles. The van der Waals surface area contributed by atoms with Gasteiger partial charge in [0.25, 0.3) is 0 Å². The molecule has 1 aromatic carbocycles. The minimum atomic E-state index is -0.251. The van der Waals surface area contributed by atoms with Crippen LogP contribution in [-0.4, -0.2) is 17.8 Å². The highest BCUT2D eigenvalue weighted by atomic mass is 16.2. The predicted octanol–water partition coefficient (Wildman–Crippen LogP) is 2.96. The Hall–Kier alpha value is -3.06. The van der Waals surface area contributed by atoms with E-state index in [-0.39, 0.29) is 17.8 Å². The number of hydrogen-bond acceptors (Lipinski definition) is 5. The van der Waals surface area contributed by atoms with Gasteiger partial charge in [-0.1, -0.05) is 19.3 Å². The molecular formula is C16H18N6O. The summed E-state index contributed by atoms with van der Waals surface area (Å²) in [4.78, 5) is 11.9. The van der Waals surface area contributed by atoms with Gasteiger partial charge in [0.2, 0.25) is 5.71 Å². The SMILES string of the molecule is N#CC(C#N)=NNc1ccc(NC(=O)NC2CCCCC2)cc1. The predicted molar refractivity (Wildman–Crippen MR) is 87.8 cm³/mol. The van der Waals surface area contributed by atoms with Crippen molar-refractivity contribution in [1.82, 2.24) is 5.32 Å². The molecule has 0 radical (unpaired) electrons. The van der Waals surface area contributed by atoms with Gasteiger partial charge in [-0.3, -0.25) is 5.43 Å². The molecule has 0 heterocycles. The van der Waals surface area contributed by atoms with Gasteiger partial charge in [-0.25, -0.2) is 4.79 Å². The largest absolute Gasteiger partial charge is 0.335 e. The van der Waals surface area contributed by atoms with E-state index in [0.717, 1.165) is 12.8 Å². The highest BCUT2D eigenvalue weighted by molar-refractivity contribution is 6.10. The summed E-state index contributed by atoms with van der Waals surface area (Å²) in [6, 6.07) is 10.2. The topological polar surface area (TPSA) is 113 Å². The lowest BCUT2D eigenvalue weighted by Crippen LogP contribution is -2.38. The molecule has 23 heavy (non-hydrogen) atoms. The van der Waals surface area contributed by atoms with E-state index in [0.29, 0.717) is 11.4 Å². The first-order valence-electron chi connectivity index (χ1n) is 7.53. The number of carbonyl (C=O) groups is 1. The van der Waals surface area contributed by atoms with E-state index in [1.54, 1.807) is 36.4 Å². The first-order chi connectivity index (χ1) is 11.2. The van der Waals surface area contributed by atoms with Gasteiger partial charge in [0.1, 0.15) is 12.1 Å². The second kappa shape index (κ2) is 8.40. The lowest BCUT2D eigenvalue weighted by atomic mass is 9.96. The number of nitrogens with one attached hydrogen (secondary N) is 3. The summed E-state index contributed by atoms with van der Waals surface area (Å²) >= 11 is 0. The van der Waals surface area contributed by atoms with Crippen LogP contribution >= 0.6 is 0 Å². The van der Waals surface area contributed by atoms with Crippen LogP contribution in [0.1, 0.15) is 32.1 Å². The van der Waals surface area contributed by atoms with Gasteiger partial charge < -0.3 is 10.6 Å². The Kier molecular flexibility index (Phi) is 5.96. The minimum Gasteiger partial charge on any atom is -0.335 e. The average Bonchev–Trinajstić information content (AvgIpc) is 2.58. The minimum absolute atomic E-state index is 0.202. The molecule has 118 valence electrons. The molecular weight excluding hydrogens is 292 g/mol. The molecule has 0 saturated heterocycles. The maximum Gasteiger partial charge on any atom is 0.319 e. The lowest BCUT2D eigenvalue weighted by Gasteiger charge is -2.22. The summed E-state index contributed by atoms with van der Waals surface area (Å²) < 4.78 is 0. The summed E-state index contributed by atoms with van der Waals surface area (Å²) in [6.45, 7) is 0. The monoisotopic (exact) mass is 310 g/mol. The van der Waals surface area contributed by atoms with Crippen molar-refractivity contribution in [2.45, 2.75) is 38.1 Å². The van der Waals surface area contributed by atoms with E-state index in [1.807, 2.05) is 0 Å². The van der Waals surface area contributed by atoms with E-state index in [2.05, 4.69) is 21.2 Å². The summed E-state index contributed by atoms with van der Waals surface area (Å²) in [5, 5.41) is 26.6. The number of nitriles is 2. The number of amides is 2. The standard InChI is InChI=1S/C16H18N6O/c17-10-15(11-18)22-21-14-8-6-13(7-9-14)20-16(23)19-12-4-2-1-3-5-12/h6-9,12,21H,1-5H2,(H2,19,20,23). The second-order valence-electron chi connectivity index (χ2n) is 5.31. The Morgan fingerprint density at radius 2 is 1.65 bits per heavy atom. The van der Waals surface area contributed by atoms with Crippen molar-refractivity contribution < 1.29 is 4.79 Å². The summed E-state index contributed by atoms with van der Waals surface area (Å²) in [5.41, 5.74) is 3.63. The second-order valence-corrected chi connectivity index (χ2v) is 5.31. The van der Waals surface area contributed by atoms with Crippen molar-refractivity contribution in [3.05, 3.63) is 24.3 Å². The quantitative estimate of drug-likeness (QED) is 0.586. The third-order valence-electron chi connectivity index (χ3n) is 3.59. The number of anilines is 2. The third-order valence-corrected chi connectivity index (χ3v) is 3.59. The number of urea groups is 1. The molecule has 0 unspecified atom stereocenters. The molecule has 3 N–H and O–H groups in total. The van der Waals surface area contributed by atoms with Crippen LogP contribution in [0.4, 0.5) is 16.2 Å². The highest BCUT2D eigenvalue weighted by Gasteiger charge is 2.15. The molecule has 1 aromatic rings. The molecule has 0 bridgehead atoms. The first-order valence-corrected chi connectivity index (χ1v) is 7.53. The van der Waals surface area contributed by atoms with E-state index >= 15 is 0 Å². The molecule has 1 aliphatic carbocycles. The van der Waals surface area contributed by atoms with Crippen molar-refractivity contribution in [2.75, 3.05) is 10.7 Å². The molecule has 0 aliphatic heterocycles. The van der Waals surface area contributed by atoms with Gasteiger partial charge in [0, 0.05) is 11.7 Å². The van der Waals surface area contributed by atoms with Crippen molar-refractivity contribution in [1.29, 1.82) is 10.5 Å². The molecule has 1 saturated carbocycles. The van der Waals surface area contributed by atoms with Gasteiger partial charge in [0.05, 0.1) is 5.69 Å². The Morgan fingerprint density at radius 1 is 1.04 bits per heavy atom. The van der Waals surface area contributed by atoms with E-state index < -0.39 is 0 Å². The van der Waals surface area contributed by atoms with Crippen molar-refractivity contribution in [3.8, 4) is 12.1 Å². The van der Waals surface area contributed by atoms with Crippen LogP contribution in [0, 0.1) is 22.7 Å². The fraction of sp³-hybridized carbons (Fsp3) is 0.375. The Balaban J connectivity index is 1.85. The normalized spacial score (nSPS) is 14.0. The molecule has 0 spiro atoms. The molecule has 7 heteroatoms. The number of benzene rings is 1. The fourth-order valence-electron chi connectivity index (χ4n) is 2.42. The van der Waals surface area contributed by atoms with Gasteiger partial charge in [-0.15, -0.1) is 0 Å².